The normalized spacial score (nSPS) is 38.1. The molecule has 0 N–H and O–H groups in total. The molecule has 2 heterocycles. The van der Waals surface area contributed by atoms with Crippen LogP contribution in [0.5, 0.6) is 0 Å². The standard InChI is InChI=1S/C7H10O3/c1-7-4-6(8)5-10(7)3-2-9-7/h5H,2-4H2,1H3. The summed E-state index contributed by atoms with van der Waals surface area (Å²) in [6, 6.07) is 0. The largest absolute Gasteiger partial charge is 0.869 e. The molecular weight excluding hydrogens is 132 g/mol. The van der Waals surface area contributed by atoms with Gasteiger partial charge in [-0.3, -0.25) is 4.74 Å². The summed E-state index contributed by atoms with van der Waals surface area (Å²) in [5, 5.41) is 10.9. The zero-order chi connectivity index (χ0) is 7.19. The van der Waals surface area contributed by atoms with Crippen LogP contribution in [-0.4, -0.2) is 19.0 Å². The summed E-state index contributed by atoms with van der Waals surface area (Å²) in [4.78, 5) is 0. The van der Waals surface area contributed by atoms with Crippen LogP contribution in [0.4, 0.5) is 0 Å². The fraction of sp³-hybridized carbons (Fsp3) is 0.714. The third kappa shape index (κ3) is 0.639. The molecule has 0 aliphatic carbocycles. The zero-order valence-electron chi connectivity index (χ0n) is 5.92. The Bertz CT molecular complexity index is 187. The van der Waals surface area contributed by atoms with Crippen molar-refractivity contribution >= 4 is 0 Å². The number of fused-ring (bicyclic) bond motifs is 1. The molecule has 1 saturated heterocycles. The zero-order valence-corrected chi connectivity index (χ0v) is 5.92. The molecule has 0 aromatic carbocycles. The van der Waals surface area contributed by atoms with Crippen LogP contribution < -0.4 is 5.11 Å². The summed E-state index contributed by atoms with van der Waals surface area (Å²) in [6.07, 6.45) is 2.06. The van der Waals surface area contributed by atoms with Crippen molar-refractivity contribution < 1.29 is 14.2 Å². The lowest BCUT2D eigenvalue weighted by Gasteiger charge is -2.24. The minimum Gasteiger partial charge on any atom is -0.869 e. The van der Waals surface area contributed by atoms with Crippen LogP contribution in [0, 0.1) is 0 Å². The second-order valence-corrected chi connectivity index (χ2v) is 2.88. The van der Waals surface area contributed by atoms with Crippen molar-refractivity contribution in [1.29, 1.82) is 0 Å². The number of hydrogen-bond donors (Lipinski definition) is 0. The van der Waals surface area contributed by atoms with Gasteiger partial charge in [-0.2, -0.15) is 0 Å². The van der Waals surface area contributed by atoms with Gasteiger partial charge in [0.2, 0.25) is 6.26 Å². The van der Waals surface area contributed by atoms with Crippen LogP contribution in [0.1, 0.15) is 13.3 Å². The van der Waals surface area contributed by atoms with Crippen molar-refractivity contribution in [2.24, 2.45) is 0 Å². The van der Waals surface area contributed by atoms with Gasteiger partial charge in [-0.1, -0.05) is 0 Å². The van der Waals surface area contributed by atoms with Crippen LogP contribution in [0.25, 0.3) is 0 Å². The lowest BCUT2D eigenvalue weighted by molar-refractivity contribution is -0.309. The molecule has 0 spiro atoms. The molecule has 0 aromatic heterocycles. The molecule has 2 rings (SSSR count). The quantitative estimate of drug-likeness (QED) is 0.442. The summed E-state index contributed by atoms with van der Waals surface area (Å²) >= 11 is 0. The van der Waals surface area contributed by atoms with Crippen molar-refractivity contribution in [2.45, 2.75) is 19.1 Å². The Hall–Kier alpha value is -0.700. The van der Waals surface area contributed by atoms with Crippen molar-refractivity contribution in [2.75, 3.05) is 13.2 Å². The fourth-order valence-corrected chi connectivity index (χ4v) is 1.48. The Kier molecular flexibility index (Phi) is 1.01. The number of ether oxygens (including phenoxy) is 1. The Labute approximate surface area is 59.6 Å². The number of rotatable bonds is 0. The van der Waals surface area contributed by atoms with Crippen molar-refractivity contribution in [1.82, 2.24) is 0 Å². The average molecular weight is 142 g/mol. The van der Waals surface area contributed by atoms with Crippen LogP contribution in [0.2, 0.25) is 0 Å². The van der Waals surface area contributed by atoms with Gasteiger partial charge in [0.15, 0.2) is 6.61 Å². The van der Waals surface area contributed by atoms with Crippen molar-refractivity contribution in [3.05, 3.63) is 12.0 Å². The molecule has 0 aromatic rings. The molecule has 3 heteroatoms. The van der Waals surface area contributed by atoms with E-state index >= 15 is 0 Å². The highest BCUT2D eigenvalue weighted by Gasteiger charge is 2.46. The van der Waals surface area contributed by atoms with Gasteiger partial charge < -0.3 is 9.47 Å². The van der Waals surface area contributed by atoms with E-state index in [-0.39, 0.29) is 11.5 Å². The summed E-state index contributed by atoms with van der Waals surface area (Å²) < 4.78 is 8.14. The Morgan fingerprint density at radius 3 is 3.30 bits per heavy atom. The summed E-state index contributed by atoms with van der Waals surface area (Å²) in [7, 11) is 0. The predicted molar refractivity (Wildman–Crippen MR) is 33.0 cm³/mol. The van der Waals surface area contributed by atoms with E-state index in [0.717, 1.165) is 6.61 Å². The van der Waals surface area contributed by atoms with Crippen molar-refractivity contribution in [3.63, 3.8) is 0 Å². The van der Waals surface area contributed by atoms with Crippen LogP contribution in [0.3, 0.4) is 0 Å². The maximum atomic E-state index is 10.9. The summed E-state index contributed by atoms with van der Waals surface area (Å²) in [6.45, 7) is 3.42. The van der Waals surface area contributed by atoms with Gasteiger partial charge in [-0.25, -0.2) is 0 Å². The van der Waals surface area contributed by atoms with Crippen LogP contribution >= 0.6 is 0 Å². The molecule has 1 unspecified atom stereocenters. The first-order chi connectivity index (χ1) is 4.71. The smallest absolute Gasteiger partial charge is 0.306 e. The van der Waals surface area contributed by atoms with Crippen LogP contribution in [0.15, 0.2) is 12.0 Å². The lowest BCUT2D eigenvalue weighted by Crippen LogP contribution is -2.29. The Morgan fingerprint density at radius 1 is 1.80 bits per heavy atom. The van der Waals surface area contributed by atoms with Gasteiger partial charge >= 0.3 is 5.79 Å². The molecule has 2 aliphatic heterocycles. The van der Waals surface area contributed by atoms with Gasteiger partial charge in [0, 0.05) is 0 Å². The summed E-state index contributed by atoms with van der Waals surface area (Å²) in [5.41, 5.74) is 0. The van der Waals surface area contributed by atoms with E-state index in [1.165, 1.54) is 0 Å². The Balaban J connectivity index is 2.24. The molecule has 0 bridgehead atoms. The maximum absolute atomic E-state index is 10.9. The molecular formula is C7H10O3. The van der Waals surface area contributed by atoms with E-state index in [9.17, 15) is 5.11 Å². The molecule has 0 saturated carbocycles. The minimum absolute atomic E-state index is 0.146. The van der Waals surface area contributed by atoms with E-state index in [4.69, 9.17) is 4.74 Å². The monoisotopic (exact) mass is 142 g/mol. The highest BCUT2D eigenvalue weighted by atomic mass is 16.8. The molecule has 10 heavy (non-hydrogen) atoms. The maximum Gasteiger partial charge on any atom is 0.306 e. The Morgan fingerprint density at radius 2 is 2.60 bits per heavy atom. The highest BCUT2D eigenvalue weighted by Crippen LogP contribution is 2.38. The van der Waals surface area contributed by atoms with E-state index in [0.29, 0.717) is 13.0 Å². The number of hydrogen-bond acceptors (Lipinski definition) is 2. The fourth-order valence-electron chi connectivity index (χ4n) is 1.48. The van der Waals surface area contributed by atoms with Gasteiger partial charge in [0.1, 0.15) is 6.61 Å². The first-order valence-corrected chi connectivity index (χ1v) is 3.42. The van der Waals surface area contributed by atoms with Crippen molar-refractivity contribution in [3.8, 4) is 0 Å². The molecule has 56 valence electrons. The van der Waals surface area contributed by atoms with E-state index in [2.05, 4.69) is 4.37 Å². The molecule has 0 amide bonds. The lowest BCUT2D eigenvalue weighted by atomic mass is 10.2. The molecule has 1 fully saturated rings. The van der Waals surface area contributed by atoms with Crippen LogP contribution in [-0.2, 0) is 9.10 Å². The second kappa shape index (κ2) is 1.66. The third-order valence-corrected chi connectivity index (χ3v) is 2.03. The molecule has 1 atom stereocenters. The van der Waals surface area contributed by atoms with Gasteiger partial charge in [-0.15, -0.1) is 0 Å². The van der Waals surface area contributed by atoms with E-state index in [1.807, 2.05) is 6.92 Å². The van der Waals surface area contributed by atoms with E-state index in [1.54, 1.807) is 6.26 Å². The first-order valence-electron chi connectivity index (χ1n) is 3.42. The van der Waals surface area contributed by atoms with Gasteiger partial charge in [0.25, 0.3) is 0 Å². The summed E-state index contributed by atoms with van der Waals surface area (Å²) in [5.74, 6) is -0.232. The highest BCUT2D eigenvalue weighted by molar-refractivity contribution is 5.01. The second-order valence-electron chi connectivity index (χ2n) is 2.88. The van der Waals surface area contributed by atoms with E-state index < -0.39 is 0 Å². The molecule has 2 aliphatic rings. The molecule has 0 radical (unpaired) electrons. The molecule has 3 nitrogen and oxygen atoms in total. The minimum atomic E-state index is -0.378. The predicted octanol–water partition coefficient (Wildman–Crippen LogP) is -0.110. The SMILES string of the molecule is CC12CC([O-])=C[O+]1CCO2. The average Bonchev–Trinajstić information content (AvgIpc) is 2.20. The first kappa shape index (κ1) is 6.04. The topological polar surface area (TPSA) is 35.0 Å². The third-order valence-electron chi connectivity index (χ3n) is 2.03. The van der Waals surface area contributed by atoms with Gasteiger partial charge in [0.05, 0.1) is 13.3 Å². The van der Waals surface area contributed by atoms with Gasteiger partial charge in [-0.05, 0) is 5.76 Å².